The molecule has 1 aliphatic heterocycles. The topological polar surface area (TPSA) is 126 Å². The number of carbonyl (C=O) groups excluding carboxylic acids is 4. The van der Waals surface area contributed by atoms with Gasteiger partial charge in [0.05, 0.1) is 0 Å². The summed E-state index contributed by atoms with van der Waals surface area (Å²) in [6.07, 6.45) is 2.37. The molecule has 1 aromatic heterocycles. The molecule has 0 aliphatic carbocycles. The third-order valence-electron chi connectivity index (χ3n) is 5.58. The van der Waals surface area contributed by atoms with Gasteiger partial charge in [0.15, 0.2) is 0 Å². The Balaban J connectivity index is 1.70. The lowest BCUT2D eigenvalue weighted by Crippen LogP contribution is -2.56. The van der Waals surface area contributed by atoms with Gasteiger partial charge in [-0.2, -0.15) is 0 Å². The van der Waals surface area contributed by atoms with E-state index in [0.29, 0.717) is 19.4 Å². The molecule has 1 aromatic carbocycles. The molecule has 2 unspecified atom stereocenters. The number of aryl methyl sites for hydroxylation is 1. The molecule has 0 saturated carbocycles. The van der Waals surface area contributed by atoms with E-state index in [2.05, 4.69) is 20.9 Å². The molecule has 180 valence electrons. The summed E-state index contributed by atoms with van der Waals surface area (Å²) >= 11 is 0. The molecule has 3 rings (SSSR count). The second kappa shape index (κ2) is 11.9. The number of hydrogen-bond donors (Lipinski definition) is 3. The molecule has 9 heteroatoms. The van der Waals surface area contributed by atoms with E-state index in [1.54, 1.807) is 26.1 Å². The van der Waals surface area contributed by atoms with Gasteiger partial charge in [-0.05, 0) is 36.0 Å². The normalized spacial score (nSPS) is 17.2. The van der Waals surface area contributed by atoms with Crippen molar-refractivity contribution in [1.29, 1.82) is 0 Å². The fourth-order valence-corrected chi connectivity index (χ4v) is 3.70. The molecule has 2 atom stereocenters. The maximum absolute atomic E-state index is 13.1. The van der Waals surface area contributed by atoms with Crippen LogP contribution >= 0.6 is 0 Å². The molecule has 0 radical (unpaired) electrons. The first-order valence-corrected chi connectivity index (χ1v) is 11.4. The van der Waals surface area contributed by atoms with Crippen LogP contribution < -0.4 is 16.0 Å². The van der Waals surface area contributed by atoms with Gasteiger partial charge in [-0.15, -0.1) is 0 Å². The molecule has 34 heavy (non-hydrogen) atoms. The predicted molar refractivity (Wildman–Crippen MR) is 125 cm³/mol. The minimum absolute atomic E-state index is 0.0597. The van der Waals surface area contributed by atoms with Crippen LogP contribution in [0.4, 0.5) is 4.79 Å². The molecule has 9 nitrogen and oxygen atoms in total. The molecule has 2 heterocycles. The average molecular weight is 467 g/mol. The Labute approximate surface area is 198 Å². The largest absolute Gasteiger partial charge is 0.445 e. The second-order valence-corrected chi connectivity index (χ2v) is 8.53. The maximum Gasteiger partial charge on any atom is 0.408 e. The van der Waals surface area contributed by atoms with E-state index >= 15 is 0 Å². The van der Waals surface area contributed by atoms with Crippen molar-refractivity contribution in [3.8, 4) is 0 Å². The van der Waals surface area contributed by atoms with Gasteiger partial charge < -0.3 is 20.7 Å². The molecule has 1 aliphatic rings. The van der Waals surface area contributed by atoms with Crippen LogP contribution in [0.15, 0.2) is 48.7 Å². The van der Waals surface area contributed by atoms with Gasteiger partial charge in [0.25, 0.3) is 5.91 Å². The Morgan fingerprint density at radius 2 is 1.91 bits per heavy atom. The second-order valence-electron chi connectivity index (χ2n) is 8.53. The van der Waals surface area contributed by atoms with Gasteiger partial charge in [0, 0.05) is 24.9 Å². The van der Waals surface area contributed by atoms with Gasteiger partial charge in [0.1, 0.15) is 18.7 Å². The molecule has 2 aromatic rings. The van der Waals surface area contributed by atoms with Crippen molar-refractivity contribution in [2.75, 3.05) is 6.54 Å². The molecule has 0 bridgehead atoms. The number of nitrogens with one attached hydrogen (secondary N) is 3. The number of pyridine rings is 1. The summed E-state index contributed by atoms with van der Waals surface area (Å²) < 4.78 is 5.23. The van der Waals surface area contributed by atoms with E-state index in [-0.39, 0.29) is 18.9 Å². The van der Waals surface area contributed by atoms with Crippen molar-refractivity contribution in [3.63, 3.8) is 0 Å². The third kappa shape index (κ3) is 6.87. The third-order valence-corrected chi connectivity index (χ3v) is 5.58. The zero-order chi connectivity index (χ0) is 24.5. The van der Waals surface area contributed by atoms with Gasteiger partial charge in [-0.3, -0.25) is 19.4 Å². The van der Waals surface area contributed by atoms with Crippen LogP contribution in [0.3, 0.4) is 0 Å². The van der Waals surface area contributed by atoms with Crippen LogP contribution in [-0.2, 0) is 38.6 Å². The first-order chi connectivity index (χ1) is 16.3. The Kier molecular flexibility index (Phi) is 8.73. The summed E-state index contributed by atoms with van der Waals surface area (Å²) in [5.41, 5.74) is 2.44. The van der Waals surface area contributed by atoms with Crippen molar-refractivity contribution in [1.82, 2.24) is 20.9 Å². The lowest BCUT2D eigenvalue weighted by molar-refractivity contribution is -0.140. The van der Waals surface area contributed by atoms with Gasteiger partial charge in [0.2, 0.25) is 11.7 Å². The number of ketones is 1. The first-order valence-electron chi connectivity index (χ1n) is 11.4. The summed E-state index contributed by atoms with van der Waals surface area (Å²) in [6.45, 7) is 3.93. The fraction of sp³-hybridized carbons (Fsp3) is 0.400. The number of benzene rings is 1. The molecule has 0 saturated heterocycles. The number of amides is 3. The molecular weight excluding hydrogens is 436 g/mol. The SMILES string of the molecule is CC(C)C(NC(=O)OCc1ccccc1)C(=O)NC1Cc2cccnc2CCCNC(=O)C1=O. The smallest absolute Gasteiger partial charge is 0.408 e. The maximum atomic E-state index is 13.1. The number of rotatable bonds is 6. The lowest BCUT2D eigenvalue weighted by atomic mass is 9.96. The number of ether oxygens (including phenoxy) is 1. The molecule has 0 fully saturated rings. The highest BCUT2D eigenvalue weighted by atomic mass is 16.5. The zero-order valence-electron chi connectivity index (χ0n) is 19.4. The highest BCUT2D eigenvalue weighted by Crippen LogP contribution is 2.13. The van der Waals surface area contributed by atoms with Crippen LogP contribution in [0.25, 0.3) is 0 Å². The van der Waals surface area contributed by atoms with Crippen molar-refractivity contribution >= 4 is 23.7 Å². The summed E-state index contributed by atoms with van der Waals surface area (Å²) in [6, 6.07) is 10.7. The summed E-state index contributed by atoms with van der Waals surface area (Å²) in [7, 11) is 0. The van der Waals surface area contributed by atoms with Gasteiger partial charge >= 0.3 is 6.09 Å². The summed E-state index contributed by atoms with van der Waals surface area (Å²) in [4.78, 5) is 55.0. The van der Waals surface area contributed by atoms with Crippen molar-refractivity contribution in [3.05, 3.63) is 65.5 Å². The average Bonchev–Trinajstić information content (AvgIpc) is 2.83. The van der Waals surface area contributed by atoms with Crippen molar-refractivity contribution < 1.29 is 23.9 Å². The fourth-order valence-electron chi connectivity index (χ4n) is 3.70. The highest BCUT2D eigenvalue weighted by Gasteiger charge is 2.32. The van der Waals surface area contributed by atoms with E-state index in [1.807, 2.05) is 36.4 Å². The zero-order valence-corrected chi connectivity index (χ0v) is 19.4. The number of hydrogen-bond acceptors (Lipinski definition) is 6. The van der Waals surface area contributed by atoms with Crippen LogP contribution in [0, 0.1) is 5.92 Å². The standard InChI is InChI=1S/C25H30N4O5/c1-16(2)21(29-25(33)34-15-17-8-4-3-5-9-17)23(31)28-20-14-18-10-6-12-26-19(18)11-7-13-27-24(32)22(20)30/h3-6,8-10,12,16,20-21H,7,11,13-15H2,1-2H3,(H,27,32)(H,28,31)(H,29,33). The highest BCUT2D eigenvalue weighted by molar-refractivity contribution is 6.38. The van der Waals surface area contributed by atoms with Gasteiger partial charge in [-0.25, -0.2) is 4.79 Å². The quantitative estimate of drug-likeness (QED) is 0.556. The van der Waals surface area contributed by atoms with Crippen LogP contribution in [0.2, 0.25) is 0 Å². The number of carbonyl (C=O) groups is 4. The minimum atomic E-state index is -1.09. The molecule has 0 spiro atoms. The first kappa shape index (κ1) is 24.9. The van der Waals surface area contributed by atoms with Crippen LogP contribution in [0.1, 0.15) is 37.1 Å². The molecular formula is C25H30N4O5. The predicted octanol–water partition coefficient (Wildman–Crippen LogP) is 1.69. The Morgan fingerprint density at radius 3 is 2.65 bits per heavy atom. The van der Waals surface area contributed by atoms with E-state index in [4.69, 9.17) is 4.74 Å². The molecule has 3 amide bonds. The summed E-state index contributed by atoms with van der Waals surface area (Å²) in [5.74, 6) is -2.34. The lowest BCUT2D eigenvalue weighted by Gasteiger charge is -2.25. The Morgan fingerprint density at radius 1 is 1.15 bits per heavy atom. The summed E-state index contributed by atoms with van der Waals surface area (Å²) in [5, 5.41) is 7.84. The van der Waals surface area contributed by atoms with Crippen LogP contribution in [0.5, 0.6) is 0 Å². The van der Waals surface area contributed by atoms with Crippen molar-refractivity contribution in [2.24, 2.45) is 5.92 Å². The molecule has 3 N–H and O–H groups in total. The number of aromatic nitrogens is 1. The van der Waals surface area contributed by atoms with E-state index in [1.165, 1.54) is 0 Å². The monoisotopic (exact) mass is 466 g/mol. The van der Waals surface area contributed by atoms with E-state index < -0.39 is 35.8 Å². The number of nitrogens with zero attached hydrogens (tertiary/aromatic N) is 1. The van der Waals surface area contributed by atoms with E-state index in [0.717, 1.165) is 16.8 Å². The Hall–Kier alpha value is -3.75. The number of Topliss-reactive ketones (excluding diaryl/α,β-unsaturated/α-hetero) is 1. The van der Waals surface area contributed by atoms with Crippen molar-refractivity contribution in [2.45, 2.75) is 51.8 Å². The number of fused-ring (bicyclic) bond motifs is 1. The minimum Gasteiger partial charge on any atom is -0.445 e. The van der Waals surface area contributed by atoms with Crippen LogP contribution in [-0.4, -0.2) is 47.3 Å². The number of alkyl carbamates (subject to hydrolysis) is 1. The Bertz CT molecular complexity index is 1020. The van der Waals surface area contributed by atoms with Gasteiger partial charge in [-0.1, -0.05) is 50.2 Å². The van der Waals surface area contributed by atoms with E-state index in [9.17, 15) is 19.2 Å².